The summed E-state index contributed by atoms with van der Waals surface area (Å²) in [5, 5.41) is -1.36. The second-order valence-corrected chi connectivity index (χ2v) is 13.7. The lowest BCUT2D eigenvalue weighted by Crippen LogP contribution is -2.51. The van der Waals surface area contributed by atoms with Gasteiger partial charge in [0.25, 0.3) is 0 Å². The standard InChI is InChI=1S/C34H31O4P/c1-25-32(26-15-7-4-8-16-26)29-21-13-14-22-30(29)33(38-32,27-17-9-5-10-18-27)34(25,28-19-11-6-12-20-28)39(35)36-23-31(2,3)24-37-39/h4-22H,1,23-24H2,2-3H3/t32-,33+,34-/m0/s1. The SMILES string of the molecule is C=C1[C@@]2(c3ccccc3)O[C@](c3ccccc3)(c3ccccc32)[C@]1(c1ccccc1)P1(=O)OCC(C)(C)CO1. The maximum Gasteiger partial charge on any atom is 0.349 e. The van der Waals surface area contributed by atoms with Crippen LogP contribution in [0.2, 0.25) is 0 Å². The monoisotopic (exact) mass is 534 g/mol. The van der Waals surface area contributed by atoms with Crippen LogP contribution in [0, 0.1) is 5.41 Å². The van der Waals surface area contributed by atoms with E-state index in [0.29, 0.717) is 18.8 Å². The van der Waals surface area contributed by atoms with Crippen LogP contribution in [0.25, 0.3) is 0 Å². The summed E-state index contributed by atoms with van der Waals surface area (Å²) in [5.74, 6) is 0. The molecule has 4 nitrogen and oxygen atoms in total. The predicted octanol–water partition coefficient (Wildman–Crippen LogP) is 7.94. The van der Waals surface area contributed by atoms with E-state index in [-0.39, 0.29) is 5.41 Å². The molecule has 4 aromatic carbocycles. The molecule has 5 heteroatoms. The molecule has 7 rings (SSSR count). The molecular formula is C34H31O4P. The third-order valence-corrected chi connectivity index (χ3v) is 11.2. The van der Waals surface area contributed by atoms with Crippen molar-refractivity contribution < 1.29 is 18.3 Å². The van der Waals surface area contributed by atoms with E-state index in [2.05, 4.69) is 38.1 Å². The zero-order chi connectivity index (χ0) is 26.9. The van der Waals surface area contributed by atoms with Crippen molar-refractivity contribution in [1.29, 1.82) is 0 Å². The van der Waals surface area contributed by atoms with Gasteiger partial charge in [-0.25, -0.2) is 0 Å². The Morgan fingerprint density at radius 2 is 1.10 bits per heavy atom. The van der Waals surface area contributed by atoms with E-state index >= 15 is 4.57 Å². The maximum atomic E-state index is 15.6. The fourth-order valence-corrected chi connectivity index (χ4v) is 10.1. The minimum Gasteiger partial charge on any atom is -0.343 e. The number of hydrogen-bond acceptors (Lipinski definition) is 4. The van der Waals surface area contributed by atoms with Crippen LogP contribution in [-0.2, 0) is 34.7 Å². The summed E-state index contributed by atoms with van der Waals surface area (Å²) in [6, 6.07) is 38.4. The Morgan fingerprint density at radius 1 is 0.641 bits per heavy atom. The molecule has 196 valence electrons. The van der Waals surface area contributed by atoms with E-state index in [1.54, 1.807) is 0 Å². The Morgan fingerprint density at radius 3 is 1.67 bits per heavy atom. The molecule has 0 radical (unpaired) electrons. The van der Waals surface area contributed by atoms with Gasteiger partial charge in [0.05, 0.1) is 13.2 Å². The van der Waals surface area contributed by atoms with Gasteiger partial charge in [0, 0.05) is 5.41 Å². The van der Waals surface area contributed by atoms with Gasteiger partial charge in [0.2, 0.25) is 0 Å². The average Bonchev–Trinajstić information content (AvgIpc) is 3.43. The third kappa shape index (κ3) is 2.98. The van der Waals surface area contributed by atoms with Gasteiger partial charge in [-0.15, -0.1) is 0 Å². The molecule has 3 atom stereocenters. The normalized spacial score (nSPS) is 30.2. The van der Waals surface area contributed by atoms with Crippen molar-refractivity contribution in [2.45, 2.75) is 30.2 Å². The van der Waals surface area contributed by atoms with Crippen LogP contribution >= 0.6 is 7.60 Å². The molecule has 0 N–H and O–H groups in total. The molecule has 0 saturated carbocycles. The molecule has 0 spiro atoms. The van der Waals surface area contributed by atoms with Gasteiger partial charge in [0.1, 0.15) is 11.2 Å². The fraction of sp³-hybridized carbons (Fsp3) is 0.235. The van der Waals surface area contributed by atoms with Gasteiger partial charge >= 0.3 is 7.60 Å². The van der Waals surface area contributed by atoms with Gasteiger partial charge in [-0.1, -0.05) is 136 Å². The van der Waals surface area contributed by atoms with Crippen molar-refractivity contribution in [3.63, 3.8) is 0 Å². The van der Waals surface area contributed by atoms with E-state index in [1.165, 1.54) is 0 Å². The van der Waals surface area contributed by atoms with Crippen LogP contribution in [0.15, 0.2) is 127 Å². The predicted molar refractivity (Wildman–Crippen MR) is 153 cm³/mol. The summed E-state index contributed by atoms with van der Waals surface area (Å²) in [6.45, 7) is 9.51. The topological polar surface area (TPSA) is 44.8 Å². The van der Waals surface area contributed by atoms with Crippen molar-refractivity contribution >= 4 is 7.60 Å². The van der Waals surface area contributed by atoms with E-state index in [1.807, 2.05) is 91.0 Å². The Kier molecular flexibility index (Phi) is 5.31. The van der Waals surface area contributed by atoms with Crippen LogP contribution in [0.3, 0.4) is 0 Å². The first-order valence-electron chi connectivity index (χ1n) is 13.4. The Bertz CT molecular complexity index is 1600. The third-order valence-electron chi connectivity index (χ3n) is 8.58. The van der Waals surface area contributed by atoms with Gasteiger partial charge in [0.15, 0.2) is 5.16 Å². The molecule has 39 heavy (non-hydrogen) atoms. The molecule has 3 aliphatic rings. The number of fused-ring (bicyclic) bond motifs is 5. The summed E-state index contributed by atoms with van der Waals surface area (Å²) in [7, 11) is -3.97. The van der Waals surface area contributed by atoms with E-state index in [9.17, 15) is 0 Å². The lowest BCUT2D eigenvalue weighted by atomic mass is 9.61. The molecule has 2 saturated heterocycles. The molecule has 3 heterocycles. The fourth-order valence-electron chi connectivity index (χ4n) is 6.92. The smallest absolute Gasteiger partial charge is 0.343 e. The highest BCUT2D eigenvalue weighted by Gasteiger charge is 2.82. The highest BCUT2D eigenvalue weighted by Crippen LogP contribution is 2.85. The second-order valence-electron chi connectivity index (χ2n) is 11.5. The summed E-state index contributed by atoms with van der Waals surface area (Å²) < 4.78 is 36.1. The first-order chi connectivity index (χ1) is 18.8. The lowest BCUT2D eigenvalue weighted by molar-refractivity contribution is -0.0525. The van der Waals surface area contributed by atoms with Crippen LogP contribution in [0.1, 0.15) is 41.7 Å². The highest BCUT2D eigenvalue weighted by atomic mass is 31.2. The zero-order valence-corrected chi connectivity index (χ0v) is 23.1. The van der Waals surface area contributed by atoms with Gasteiger partial charge < -0.3 is 13.8 Å². The minimum absolute atomic E-state index is 0.277. The molecular weight excluding hydrogens is 503 g/mol. The van der Waals surface area contributed by atoms with Crippen LogP contribution in [0.5, 0.6) is 0 Å². The van der Waals surface area contributed by atoms with Gasteiger partial charge in [-0.05, 0) is 33.4 Å². The van der Waals surface area contributed by atoms with Crippen LogP contribution in [0.4, 0.5) is 0 Å². The number of benzene rings is 4. The second kappa shape index (κ2) is 8.36. The largest absolute Gasteiger partial charge is 0.349 e. The summed E-state index contributed by atoms with van der Waals surface area (Å²) >= 11 is 0. The first-order valence-corrected chi connectivity index (χ1v) is 14.9. The molecule has 4 aromatic rings. The van der Waals surface area contributed by atoms with Crippen LogP contribution < -0.4 is 0 Å². The lowest BCUT2D eigenvalue weighted by Gasteiger charge is -2.52. The summed E-state index contributed by atoms with van der Waals surface area (Å²) in [4.78, 5) is 0. The van der Waals surface area contributed by atoms with Crippen LogP contribution in [-0.4, -0.2) is 13.2 Å². The number of hydrogen-bond donors (Lipinski definition) is 0. The molecule has 2 fully saturated rings. The van der Waals surface area contributed by atoms with E-state index in [0.717, 1.165) is 27.8 Å². The quantitative estimate of drug-likeness (QED) is 0.197. The van der Waals surface area contributed by atoms with Gasteiger partial charge in [-0.2, -0.15) is 0 Å². The van der Waals surface area contributed by atoms with Crippen molar-refractivity contribution in [2.75, 3.05) is 13.2 Å². The van der Waals surface area contributed by atoms with E-state index < -0.39 is 24.0 Å². The summed E-state index contributed by atoms with van der Waals surface area (Å²) in [6.07, 6.45) is 0. The Balaban J connectivity index is 1.67. The molecule has 3 aliphatic heterocycles. The van der Waals surface area contributed by atoms with Crippen molar-refractivity contribution in [2.24, 2.45) is 5.41 Å². The van der Waals surface area contributed by atoms with Crippen molar-refractivity contribution in [1.82, 2.24) is 0 Å². The van der Waals surface area contributed by atoms with Crippen molar-refractivity contribution in [3.05, 3.63) is 155 Å². The summed E-state index contributed by atoms with van der Waals surface area (Å²) in [5.41, 5.74) is 2.65. The Labute approximate surface area is 229 Å². The van der Waals surface area contributed by atoms with Crippen molar-refractivity contribution in [3.8, 4) is 0 Å². The molecule has 0 aromatic heterocycles. The maximum absolute atomic E-state index is 15.6. The van der Waals surface area contributed by atoms with Gasteiger partial charge in [-0.3, -0.25) is 4.57 Å². The zero-order valence-electron chi connectivity index (χ0n) is 22.2. The van der Waals surface area contributed by atoms with E-state index in [4.69, 9.17) is 20.4 Å². The number of ether oxygens (including phenoxy) is 1. The average molecular weight is 535 g/mol. The number of rotatable bonds is 4. The molecule has 2 bridgehead atoms. The highest BCUT2D eigenvalue weighted by molar-refractivity contribution is 7.55. The molecule has 0 amide bonds. The Hall–Kier alpha value is -3.27. The first kappa shape index (κ1) is 24.7. The minimum atomic E-state index is -3.97. The molecule has 0 aliphatic carbocycles. The molecule has 0 unspecified atom stereocenters.